The van der Waals surface area contributed by atoms with Crippen LogP contribution in [-0.2, 0) is 4.79 Å². The topological polar surface area (TPSA) is 55.1 Å². The Balaban J connectivity index is 2.07. The van der Waals surface area contributed by atoms with Gasteiger partial charge < -0.3 is 11.1 Å². The third-order valence-corrected chi connectivity index (χ3v) is 3.46. The van der Waals surface area contributed by atoms with E-state index in [1.807, 2.05) is 18.7 Å². The molecule has 1 saturated heterocycles. The lowest BCUT2D eigenvalue weighted by molar-refractivity contribution is -0.121. The van der Waals surface area contributed by atoms with Gasteiger partial charge in [-0.3, -0.25) is 4.79 Å². The molecular weight excluding hydrogens is 184 g/mol. The highest BCUT2D eigenvalue weighted by Crippen LogP contribution is 2.25. The molecule has 1 heterocycles. The normalized spacial score (nSPS) is 24.3. The Bertz CT molecular complexity index is 167. The molecule has 2 unspecified atom stereocenters. The van der Waals surface area contributed by atoms with Crippen LogP contribution in [0.25, 0.3) is 0 Å². The Morgan fingerprint density at radius 1 is 1.77 bits per heavy atom. The molecule has 1 amide bonds. The predicted octanol–water partition coefficient (Wildman–Crippen LogP) is 0.735. The second kappa shape index (κ2) is 5.50. The molecule has 4 heteroatoms. The van der Waals surface area contributed by atoms with Crippen molar-refractivity contribution in [1.82, 2.24) is 5.32 Å². The average molecular weight is 202 g/mol. The number of carbonyl (C=O) groups excluding carboxylic acids is 1. The Labute approximate surface area is 83.8 Å². The van der Waals surface area contributed by atoms with Crippen molar-refractivity contribution in [2.45, 2.75) is 37.5 Å². The monoisotopic (exact) mass is 202 g/mol. The van der Waals surface area contributed by atoms with E-state index in [0.717, 1.165) is 6.54 Å². The van der Waals surface area contributed by atoms with Gasteiger partial charge in [0.25, 0.3) is 0 Å². The lowest BCUT2D eigenvalue weighted by Crippen LogP contribution is -2.33. The zero-order valence-electron chi connectivity index (χ0n) is 8.08. The van der Waals surface area contributed by atoms with E-state index in [1.165, 1.54) is 18.6 Å². The van der Waals surface area contributed by atoms with E-state index in [2.05, 4.69) is 5.32 Å². The fourth-order valence-corrected chi connectivity index (χ4v) is 2.60. The molecule has 1 rings (SSSR count). The van der Waals surface area contributed by atoms with Gasteiger partial charge in [-0.2, -0.15) is 11.8 Å². The summed E-state index contributed by atoms with van der Waals surface area (Å²) in [5.41, 5.74) is 5.51. The molecule has 13 heavy (non-hydrogen) atoms. The first-order valence-electron chi connectivity index (χ1n) is 4.82. The molecule has 0 aliphatic carbocycles. The van der Waals surface area contributed by atoms with Crippen LogP contribution in [0.15, 0.2) is 0 Å². The molecule has 1 fully saturated rings. The average Bonchev–Trinajstić information content (AvgIpc) is 2.51. The fourth-order valence-electron chi connectivity index (χ4n) is 1.40. The molecule has 3 N–H and O–H groups in total. The zero-order chi connectivity index (χ0) is 9.68. The summed E-state index contributed by atoms with van der Waals surface area (Å²) >= 11 is 1.96. The van der Waals surface area contributed by atoms with Crippen molar-refractivity contribution in [3.8, 4) is 0 Å². The highest BCUT2D eigenvalue weighted by molar-refractivity contribution is 8.00. The minimum absolute atomic E-state index is 0.0313. The predicted molar refractivity (Wildman–Crippen MR) is 56.8 cm³/mol. The SMILES string of the molecule is CC(N)CC(=O)NCC1CCCS1. The molecule has 0 aromatic rings. The van der Waals surface area contributed by atoms with E-state index in [0.29, 0.717) is 11.7 Å². The number of carbonyl (C=O) groups is 1. The maximum Gasteiger partial charge on any atom is 0.221 e. The third-order valence-electron chi connectivity index (χ3n) is 2.06. The van der Waals surface area contributed by atoms with E-state index in [9.17, 15) is 4.79 Å². The van der Waals surface area contributed by atoms with Crippen molar-refractivity contribution < 1.29 is 4.79 Å². The number of thioether (sulfide) groups is 1. The molecule has 2 atom stereocenters. The number of nitrogens with one attached hydrogen (secondary N) is 1. The summed E-state index contributed by atoms with van der Waals surface area (Å²) in [4.78, 5) is 11.2. The fraction of sp³-hybridized carbons (Fsp3) is 0.889. The van der Waals surface area contributed by atoms with Crippen molar-refractivity contribution in [2.24, 2.45) is 5.73 Å². The Kier molecular flexibility index (Phi) is 4.59. The summed E-state index contributed by atoms with van der Waals surface area (Å²) in [6.45, 7) is 2.67. The molecular formula is C9H18N2OS. The molecule has 1 aliphatic rings. The van der Waals surface area contributed by atoms with Crippen LogP contribution in [-0.4, -0.2) is 29.5 Å². The molecule has 0 aromatic heterocycles. The van der Waals surface area contributed by atoms with Crippen molar-refractivity contribution in [3.05, 3.63) is 0 Å². The van der Waals surface area contributed by atoms with E-state index < -0.39 is 0 Å². The molecule has 0 bridgehead atoms. The van der Waals surface area contributed by atoms with Crippen LogP contribution in [0.1, 0.15) is 26.2 Å². The van der Waals surface area contributed by atoms with E-state index in [1.54, 1.807) is 0 Å². The van der Waals surface area contributed by atoms with Gasteiger partial charge in [-0.15, -0.1) is 0 Å². The lowest BCUT2D eigenvalue weighted by atomic mass is 10.2. The van der Waals surface area contributed by atoms with Gasteiger partial charge >= 0.3 is 0 Å². The van der Waals surface area contributed by atoms with E-state index >= 15 is 0 Å². The second-order valence-corrected chi connectivity index (χ2v) is 5.03. The maximum absolute atomic E-state index is 11.2. The minimum atomic E-state index is -0.0313. The van der Waals surface area contributed by atoms with Crippen LogP contribution in [0.5, 0.6) is 0 Å². The molecule has 76 valence electrons. The van der Waals surface area contributed by atoms with E-state index in [4.69, 9.17) is 5.73 Å². The van der Waals surface area contributed by atoms with Gasteiger partial charge in [0.15, 0.2) is 0 Å². The zero-order valence-corrected chi connectivity index (χ0v) is 8.90. The Hall–Kier alpha value is -0.220. The Morgan fingerprint density at radius 2 is 2.54 bits per heavy atom. The van der Waals surface area contributed by atoms with Crippen molar-refractivity contribution >= 4 is 17.7 Å². The van der Waals surface area contributed by atoms with Gasteiger partial charge in [0.05, 0.1) is 0 Å². The van der Waals surface area contributed by atoms with Gasteiger partial charge in [0, 0.05) is 24.3 Å². The van der Waals surface area contributed by atoms with Crippen molar-refractivity contribution in [1.29, 1.82) is 0 Å². The minimum Gasteiger partial charge on any atom is -0.355 e. The molecule has 1 aliphatic heterocycles. The van der Waals surface area contributed by atoms with Crippen LogP contribution in [0.4, 0.5) is 0 Å². The van der Waals surface area contributed by atoms with Gasteiger partial charge in [-0.05, 0) is 25.5 Å². The van der Waals surface area contributed by atoms with Crippen LogP contribution in [0.2, 0.25) is 0 Å². The number of amides is 1. The lowest BCUT2D eigenvalue weighted by Gasteiger charge is -2.10. The first-order chi connectivity index (χ1) is 6.18. The summed E-state index contributed by atoms with van der Waals surface area (Å²) < 4.78 is 0. The summed E-state index contributed by atoms with van der Waals surface area (Å²) in [6.07, 6.45) is 2.97. The van der Waals surface area contributed by atoms with Gasteiger partial charge in [-0.25, -0.2) is 0 Å². The highest BCUT2D eigenvalue weighted by atomic mass is 32.2. The van der Waals surface area contributed by atoms with Crippen LogP contribution in [0, 0.1) is 0 Å². The van der Waals surface area contributed by atoms with Crippen LogP contribution >= 0.6 is 11.8 Å². The number of hydrogen-bond acceptors (Lipinski definition) is 3. The summed E-state index contributed by atoms with van der Waals surface area (Å²) in [5.74, 6) is 1.33. The van der Waals surface area contributed by atoms with Gasteiger partial charge in [-0.1, -0.05) is 0 Å². The number of nitrogens with two attached hydrogens (primary N) is 1. The summed E-state index contributed by atoms with van der Waals surface area (Å²) in [7, 11) is 0. The van der Waals surface area contributed by atoms with Crippen LogP contribution < -0.4 is 11.1 Å². The van der Waals surface area contributed by atoms with Crippen molar-refractivity contribution in [3.63, 3.8) is 0 Å². The molecule has 0 radical (unpaired) electrons. The van der Waals surface area contributed by atoms with Crippen LogP contribution in [0.3, 0.4) is 0 Å². The highest BCUT2D eigenvalue weighted by Gasteiger charge is 2.16. The third kappa shape index (κ3) is 4.52. The molecule has 0 aromatic carbocycles. The molecule has 3 nitrogen and oxygen atoms in total. The second-order valence-electron chi connectivity index (χ2n) is 3.62. The standard InChI is InChI=1S/C9H18N2OS/c1-7(10)5-9(12)11-6-8-3-2-4-13-8/h7-8H,2-6,10H2,1H3,(H,11,12). The summed E-state index contributed by atoms with van der Waals surface area (Å²) in [5, 5.41) is 3.55. The summed E-state index contributed by atoms with van der Waals surface area (Å²) in [6, 6.07) is -0.0313. The quantitative estimate of drug-likeness (QED) is 0.707. The molecule has 0 saturated carbocycles. The first kappa shape index (κ1) is 10.9. The largest absolute Gasteiger partial charge is 0.355 e. The number of rotatable bonds is 4. The van der Waals surface area contributed by atoms with Gasteiger partial charge in [0.1, 0.15) is 0 Å². The van der Waals surface area contributed by atoms with E-state index in [-0.39, 0.29) is 11.9 Å². The maximum atomic E-state index is 11.2. The smallest absolute Gasteiger partial charge is 0.221 e. The molecule has 0 spiro atoms. The Morgan fingerprint density at radius 3 is 3.08 bits per heavy atom. The van der Waals surface area contributed by atoms with Gasteiger partial charge in [0.2, 0.25) is 5.91 Å². The number of hydrogen-bond donors (Lipinski definition) is 2. The van der Waals surface area contributed by atoms with Crippen molar-refractivity contribution in [2.75, 3.05) is 12.3 Å². The first-order valence-corrected chi connectivity index (χ1v) is 5.87.